The van der Waals surface area contributed by atoms with E-state index in [1.807, 2.05) is 30.3 Å². The zero-order chi connectivity index (χ0) is 20.1. The largest absolute Gasteiger partial charge is 0.495 e. The molecule has 1 heterocycles. The fourth-order valence-electron chi connectivity index (χ4n) is 3.80. The Balaban J connectivity index is 1.52. The molecule has 0 unspecified atom stereocenters. The summed E-state index contributed by atoms with van der Waals surface area (Å²) in [4.78, 5) is 0. The van der Waals surface area contributed by atoms with Gasteiger partial charge in [-0.25, -0.2) is 0 Å². The quantitative estimate of drug-likeness (QED) is 0.358. The molecule has 5 nitrogen and oxygen atoms in total. The van der Waals surface area contributed by atoms with E-state index in [4.69, 9.17) is 16.3 Å². The van der Waals surface area contributed by atoms with Gasteiger partial charge in [0.25, 0.3) is 0 Å². The van der Waals surface area contributed by atoms with E-state index in [1.165, 1.54) is 18.4 Å². The van der Waals surface area contributed by atoms with Gasteiger partial charge in [0.15, 0.2) is 0 Å². The van der Waals surface area contributed by atoms with Gasteiger partial charge in [-0.05, 0) is 61.0 Å². The standard InChI is InChI=1S/C22H25ClN4OS/c1-28-20-9-5-4-8-19(20)27-21(17-6-2-3-7-17)24-25-22(27)26-29-15-14-16-10-12-18(23)13-11-16/h4-5,8-13,17H,2-3,6-7,14-15H2,1H3,(H,25,26). The summed E-state index contributed by atoms with van der Waals surface area (Å²) < 4.78 is 11.2. The van der Waals surface area contributed by atoms with E-state index in [0.717, 1.165) is 53.2 Å². The van der Waals surface area contributed by atoms with Crippen molar-refractivity contribution in [3.05, 3.63) is 64.9 Å². The fourth-order valence-corrected chi connectivity index (χ4v) is 4.63. The number of ether oxygens (including phenoxy) is 1. The van der Waals surface area contributed by atoms with Crippen LogP contribution in [0.15, 0.2) is 48.5 Å². The van der Waals surface area contributed by atoms with Gasteiger partial charge >= 0.3 is 0 Å². The van der Waals surface area contributed by atoms with Crippen molar-refractivity contribution >= 4 is 29.5 Å². The Kier molecular flexibility index (Phi) is 6.62. The van der Waals surface area contributed by atoms with Gasteiger partial charge in [0.05, 0.1) is 12.8 Å². The number of aromatic nitrogens is 3. The van der Waals surface area contributed by atoms with Gasteiger partial charge in [0.2, 0.25) is 5.95 Å². The highest BCUT2D eigenvalue weighted by atomic mass is 35.5. The number of halogens is 1. The van der Waals surface area contributed by atoms with Crippen LogP contribution in [-0.4, -0.2) is 27.6 Å². The molecule has 7 heteroatoms. The average molecular weight is 429 g/mol. The molecule has 1 fully saturated rings. The molecule has 0 amide bonds. The molecule has 1 N–H and O–H groups in total. The summed E-state index contributed by atoms with van der Waals surface area (Å²) in [6, 6.07) is 16.0. The molecule has 1 aliphatic carbocycles. The topological polar surface area (TPSA) is 52.0 Å². The highest BCUT2D eigenvalue weighted by Crippen LogP contribution is 2.37. The second-order valence-electron chi connectivity index (χ2n) is 7.20. The zero-order valence-electron chi connectivity index (χ0n) is 16.5. The average Bonchev–Trinajstić information content (AvgIpc) is 3.42. The molecule has 0 atom stereocenters. The van der Waals surface area contributed by atoms with Crippen molar-refractivity contribution in [2.45, 2.75) is 38.0 Å². The van der Waals surface area contributed by atoms with E-state index in [2.05, 4.69) is 37.7 Å². The second-order valence-corrected chi connectivity index (χ2v) is 8.53. The van der Waals surface area contributed by atoms with Crippen LogP contribution in [0.3, 0.4) is 0 Å². The first kappa shape index (κ1) is 20.1. The van der Waals surface area contributed by atoms with Crippen molar-refractivity contribution in [2.75, 3.05) is 17.6 Å². The normalized spacial score (nSPS) is 14.3. The van der Waals surface area contributed by atoms with E-state index in [-0.39, 0.29) is 0 Å². The third-order valence-corrected chi connectivity index (χ3v) is 6.29. The Hall–Kier alpha value is -2.18. The lowest BCUT2D eigenvalue weighted by atomic mass is 10.1. The lowest BCUT2D eigenvalue weighted by molar-refractivity contribution is 0.412. The highest BCUT2D eigenvalue weighted by molar-refractivity contribution is 8.00. The number of benzene rings is 2. The maximum atomic E-state index is 5.96. The second kappa shape index (κ2) is 9.55. The summed E-state index contributed by atoms with van der Waals surface area (Å²) >= 11 is 7.60. The molecule has 0 radical (unpaired) electrons. The molecule has 1 aromatic heterocycles. The highest BCUT2D eigenvalue weighted by Gasteiger charge is 2.26. The molecule has 29 heavy (non-hydrogen) atoms. The Morgan fingerprint density at radius 3 is 2.62 bits per heavy atom. The van der Waals surface area contributed by atoms with Crippen LogP contribution in [0.1, 0.15) is 43.0 Å². The number of aryl methyl sites for hydroxylation is 1. The van der Waals surface area contributed by atoms with Crippen molar-refractivity contribution < 1.29 is 4.74 Å². The van der Waals surface area contributed by atoms with Gasteiger partial charge in [0, 0.05) is 16.7 Å². The Bertz CT molecular complexity index is 938. The number of methoxy groups -OCH3 is 1. The molecule has 1 aliphatic rings. The van der Waals surface area contributed by atoms with Crippen LogP contribution in [0.2, 0.25) is 5.02 Å². The third-order valence-electron chi connectivity index (χ3n) is 5.30. The van der Waals surface area contributed by atoms with Crippen molar-refractivity contribution in [2.24, 2.45) is 0 Å². The predicted molar refractivity (Wildman–Crippen MR) is 120 cm³/mol. The molecule has 3 aromatic rings. The summed E-state index contributed by atoms with van der Waals surface area (Å²) in [7, 11) is 1.70. The Morgan fingerprint density at radius 2 is 1.86 bits per heavy atom. The zero-order valence-corrected chi connectivity index (χ0v) is 18.0. The van der Waals surface area contributed by atoms with E-state index < -0.39 is 0 Å². The van der Waals surface area contributed by atoms with Gasteiger partial charge in [-0.1, -0.05) is 48.7 Å². The summed E-state index contributed by atoms with van der Waals surface area (Å²) in [6.45, 7) is 0. The molecule has 152 valence electrons. The molecule has 0 spiro atoms. The Morgan fingerprint density at radius 1 is 1.10 bits per heavy atom. The molecule has 1 saturated carbocycles. The van der Waals surface area contributed by atoms with Crippen LogP contribution >= 0.6 is 23.5 Å². The first-order chi connectivity index (χ1) is 14.3. The molecule has 4 rings (SSSR count). The van der Waals surface area contributed by atoms with Gasteiger partial charge < -0.3 is 4.74 Å². The van der Waals surface area contributed by atoms with E-state index in [1.54, 1.807) is 19.1 Å². The van der Waals surface area contributed by atoms with Crippen molar-refractivity contribution in [1.82, 2.24) is 14.8 Å². The van der Waals surface area contributed by atoms with Gasteiger partial charge in [-0.15, -0.1) is 10.2 Å². The maximum Gasteiger partial charge on any atom is 0.239 e. The minimum Gasteiger partial charge on any atom is -0.495 e. The molecule has 0 saturated heterocycles. The maximum absolute atomic E-state index is 5.96. The summed E-state index contributed by atoms with van der Waals surface area (Å²) in [5.41, 5.74) is 2.24. The summed E-state index contributed by atoms with van der Waals surface area (Å²) in [5.74, 6) is 3.95. The van der Waals surface area contributed by atoms with E-state index in [9.17, 15) is 0 Å². The third kappa shape index (κ3) is 4.70. The number of nitrogens with zero attached hydrogens (tertiary/aromatic N) is 3. The smallest absolute Gasteiger partial charge is 0.239 e. The lowest BCUT2D eigenvalue weighted by Gasteiger charge is -2.16. The van der Waals surface area contributed by atoms with Crippen LogP contribution in [0.4, 0.5) is 5.95 Å². The monoisotopic (exact) mass is 428 g/mol. The number of hydrogen-bond donors (Lipinski definition) is 1. The molecular formula is C22H25ClN4OS. The number of nitrogens with one attached hydrogen (secondary N) is 1. The fraction of sp³-hybridized carbons (Fsp3) is 0.364. The molecule has 0 bridgehead atoms. The first-order valence-corrected chi connectivity index (χ1v) is 11.3. The van der Waals surface area contributed by atoms with Crippen LogP contribution in [0.25, 0.3) is 5.69 Å². The van der Waals surface area contributed by atoms with Crippen molar-refractivity contribution in [3.63, 3.8) is 0 Å². The Labute approximate surface area is 181 Å². The van der Waals surface area contributed by atoms with Crippen molar-refractivity contribution in [1.29, 1.82) is 0 Å². The number of anilines is 1. The minimum atomic E-state index is 0.446. The van der Waals surface area contributed by atoms with E-state index in [0.29, 0.717) is 5.92 Å². The lowest BCUT2D eigenvalue weighted by Crippen LogP contribution is -2.09. The van der Waals surface area contributed by atoms with Crippen LogP contribution in [0, 0.1) is 0 Å². The predicted octanol–water partition coefficient (Wildman–Crippen LogP) is 5.89. The first-order valence-electron chi connectivity index (χ1n) is 9.97. The molecular weight excluding hydrogens is 404 g/mol. The summed E-state index contributed by atoms with van der Waals surface area (Å²) in [6.07, 6.45) is 5.78. The van der Waals surface area contributed by atoms with Crippen LogP contribution in [-0.2, 0) is 6.42 Å². The number of hydrogen-bond acceptors (Lipinski definition) is 5. The molecule has 2 aromatic carbocycles. The van der Waals surface area contributed by atoms with Gasteiger partial charge in [0.1, 0.15) is 11.6 Å². The minimum absolute atomic E-state index is 0.446. The summed E-state index contributed by atoms with van der Waals surface area (Å²) in [5, 5.41) is 9.81. The van der Waals surface area contributed by atoms with Gasteiger partial charge in [-0.2, -0.15) is 0 Å². The van der Waals surface area contributed by atoms with Crippen LogP contribution in [0.5, 0.6) is 5.75 Å². The number of para-hydroxylation sites is 2. The molecule has 0 aliphatic heterocycles. The number of rotatable bonds is 8. The SMILES string of the molecule is COc1ccccc1-n1c(NSCCc2ccc(Cl)cc2)nnc1C1CCCC1. The van der Waals surface area contributed by atoms with Crippen molar-refractivity contribution in [3.8, 4) is 11.4 Å². The van der Waals surface area contributed by atoms with Crippen LogP contribution < -0.4 is 9.46 Å². The van der Waals surface area contributed by atoms with Gasteiger partial charge in [-0.3, -0.25) is 9.29 Å². The van der Waals surface area contributed by atoms with E-state index >= 15 is 0 Å².